The third-order valence-corrected chi connectivity index (χ3v) is 3.06. The monoisotopic (exact) mass is 293 g/mol. The van der Waals surface area contributed by atoms with Crippen LogP contribution in [0.3, 0.4) is 0 Å². The van der Waals surface area contributed by atoms with Gasteiger partial charge in [0.2, 0.25) is 5.91 Å². The summed E-state index contributed by atoms with van der Waals surface area (Å²) in [5.74, 6) is 2.20. The minimum atomic E-state index is -0.346. The SMILES string of the molecule is CCCCN(CC(N)=O)c1cc(NCC)nc(C(C)C)n1. The third-order valence-electron chi connectivity index (χ3n) is 3.06. The summed E-state index contributed by atoms with van der Waals surface area (Å²) >= 11 is 0. The third kappa shape index (κ3) is 5.57. The molecule has 3 N–H and O–H groups in total. The van der Waals surface area contributed by atoms with Crippen LogP contribution in [0.4, 0.5) is 11.6 Å². The Labute approximate surface area is 127 Å². The number of amides is 1. The minimum absolute atomic E-state index is 0.181. The van der Waals surface area contributed by atoms with E-state index in [1.165, 1.54) is 0 Å². The summed E-state index contributed by atoms with van der Waals surface area (Å²) in [5.41, 5.74) is 5.36. The maximum atomic E-state index is 11.3. The highest BCUT2D eigenvalue weighted by Crippen LogP contribution is 2.20. The van der Waals surface area contributed by atoms with Crippen molar-refractivity contribution in [1.82, 2.24) is 9.97 Å². The average Bonchev–Trinajstić information content (AvgIpc) is 2.43. The average molecular weight is 293 g/mol. The smallest absolute Gasteiger partial charge is 0.236 e. The molecule has 0 spiro atoms. The van der Waals surface area contributed by atoms with Crippen molar-refractivity contribution in [3.8, 4) is 0 Å². The fourth-order valence-corrected chi connectivity index (χ4v) is 1.96. The number of hydrogen-bond donors (Lipinski definition) is 2. The lowest BCUT2D eigenvalue weighted by molar-refractivity contribution is -0.116. The predicted octanol–water partition coefficient (Wildman–Crippen LogP) is 2.12. The van der Waals surface area contributed by atoms with Crippen molar-refractivity contribution < 1.29 is 4.79 Å². The summed E-state index contributed by atoms with van der Waals surface area (Å²) in [6.45, 7) is 9.98. The molecule has 1 heterocycles. The number of anilines is 2. The Bertz CT molecular complexity index is 461. The molecular formula is C15H27N5O. The molecule has 21 heavy (non-hydrogen) atoms. The lowest BCUT2D eigenvalue weighted by atomic mass is 10.2. The number of hydrogen-bond acceptors (Lipinski definition) is 5. The molecule has 1 aromatic heterocycles. The molecule has 0 aliphatic rings. The molecule has 118 valence electrons. The van der Waals surface area contributed by atoms with Crippen molar-refractivity contribution in [1.29, 1.82) is 0 Å². The zero-order valence-electron chi connectivity index (χ0n) is 13.5. The van der Waals surface area contributed by atoms with Crippen LogP contribution >= 0.6 is 0 Å². The van der Waals surface area contributed by atoms with Gasteiger partial charge in [0.1, 0.15) is 17.5 Å². The van der Waals surface area contributed by atoms with Gasteiger partial charge in [-0.25, -0.2) is 9.97 Å². The second-order valence-electron chi connectivity index (χ2n) is 5.40. The maximum Gasteiger partial charge on any atom is 0.236 e. The van der Waals surface area contributed by atoms with Crippen LogP contribution in [0, 0.1) is 0 Å². The fourth-order valence-electron chi connectivity index (χ4n) is 1.96. The van der Waals surface area contributed by atoms with E-state index in [2.05, 4.69) is 36.1 Å². The van der Waals surface area contributed by atoms with Gasteiger partial charge in [-0.05, 0) is 13.3 Å². The number of primary amides is 1. The van der Waals surface area contributed by atoms with Crippen LogP contribution in [-0.2, 0) is 4.79 Å². The number of nitrogens with zero attached hydrogens (tertiary/aromatic N) is 3. The number of carbonyl (C=O) groups excluding carboxylic acids is 1. The van der Waals surface area contributed by atoms with Gasteiger partial charge in [0.15, 0.2) is 0 Å². The first kappa shape index (κ1) is 17.2. The molecule has 0 atom stereocenters. The molecule has 1 amide bonds. The van der Waals surface area contributed by atoms with E-state index in [-0.39, 0.29) is 18.4 Å². The van der Waals surface area contributed by atoms with Crippen molar-refractivity contribution in [2.24, 2.45) is 5.73 Å². The van der Waals surface area contributed by atoms with E-state index in [4.69, 9.17) is 5.73 Å². The van der Waals surface area contributed by atoms with E-state index < -0.39 is 0 Å². The Morgan fingerprint density at radius 2 is 2.10 bits per heavy atom. The van der Waals surface area contributed by atoms with Crippen LogP contribution in [0.5, 0.6) is 0 Å². The Balaban J connectivity index is 3.11. The van der Waals surface area contributed by atoms with Crippen molar-refractivity contribution in [3.63, 3.8) is 0 Å². The van der Waals surface area contributed by atoms with Gasteiger partial charge in [0, 0.05) is 25.1 Å². The molecule has 0 unspecified atom stereocenters. The van der Waals surface area contributed by atoms with Gasteiger partial charge in [0.25, 0.3) is 0 Å². The quantitative estimate of drug-likeness (QED) is 0.728. The highest BCUT2D eigenvalue weighted by Gasteiger charge is 2.15. The van der Waals surface area contributed by atoms with Gasteiger partial charge < -0.3 is 16.0 Å². The number of carbonyl (C=O) groups is 1. The summed E-state index contributed by atoms with van der Waals surface area (Å²) in [6, 6.07) is 1.88. The first-order valence-electron chi connectivity index (χ1n) is 7.64. The zero-order chi connectivity index (χ0) is 15.8. The van der Waals surface area contributed by atoms with Crippen LogP contribution in [0.15, 0.2) is 6.07 Å². The zero-order valence-corrected chi connectivity index (χ0v) is 13.5. The summed E-state index contributed by atoms with van der Waals surface area (Å²) in [6.07, 6.45) is 2.04. The van der Waals surface area contributed by atoms with E-state index >= 15 is 0 Å². The highest BCUT2D eigenvalue weighted by molar-refractivity contribution is 5.79. The standard InChI is InChI=1S/C15H27N5O/c1-5-7-8-20(10-12(16)21)14-9-13(17-6-2)18-15(19-14)11(3)4/h9,11H,5-8,10H2,1-4H3,(H2,16,21)(H,17,18,19). The first-order valence-corrected chi connectivity index (χ1v) is 7.64. The van der Waals surface area contributed by atoms with Crippen molar-refractivity contribution in [2.75, 3.05) is 29.9 Å². The van der Waals surface area contributed by atoms with Crippen LogP contribution in [0.1, 0.15) is 52.3 Å². The highest BCUT2D eigenvalue weighted by atomic mass is 16.1. The molecule has 0 bridgehead atoms. The van der Waals surface area contributed by atoms with Crippen molar-refractivity contribution in [3.05, 3.63) is 11.9 Å². The largest absolute Gasteiger partial charge is 0.370 e. The molecule has 6 nitrogen and oxygen atoms in total. The Morgan fingerprint density at radius 1 is 1.38 bits per heavy atom. The molecular weight excluding hydrogens is 266 g/mol. The van der Waals surface area contributed by atoms with Crippen LogP contribution < -0.4 is 16.0 Å². The van der Waals surface area contributed by atoms with Crippen LogP contribution in [0.25, 0.3) is 0 Å². The summed E-state index contributed by atoms with van der Waals surface area (Å²) in [4.78, 5) is 22.3. The normalized spacial score (nSPS) is 10.7. The molecule has 0 fully saturated rings. The molecule has 0 aliphatic heterocycles. The number of unbranched alkanes of at least 4 members (excludes halogenated alkanes) is 1. The Hall–Kier alpha value is -1.85. The van der Waals surface area contributed by atoms with Gasteiger partial charge in [-0.3, -0.25) is 4.79 Å². The van der Waals surface area contributed by atoms with Crippen molar-refractivity contribution in [2.45, 2.75) is 46.5 Å². The second kappa shape index (κ2) is 8.44. The topological polar surface area (TPSA) is 84.1 Å². The molecule has 1 aromatic rings. The van der Waals surface area contributed by atoms with E-state index in [0.717, 1.165) is 43.4 Å². The minimum Gasteiger partial charge on any atom is -0.370 e. The van der Waals surface area contributed by atoms with Gasteiger partial charge >= 0.3 is 0 Å². The molecule has 6 heteroatoms. The summed E-state index contributed by atoms with van der Waals surface area (Å²) in [7, 11) is 0. The molecule has 0 saturated carbocycles. The van der Waals surface area contributed by atoms with Gasteiger partial charge in [-0.15, -0.1) is 0 Å². The Kier molecular flexibility index (Phi) is 6.91. The second-order valence-corrected chi connectivity index (χ2v) is 5.40. The number of rotatable bonds is 9. The summed E-state index contributed by atoms with van der Waals surface area (Å²) in [5, 5.41) is 3.21. The molecule has 0 radical (unpaired) electrons. The lowest BCUT2D eigenvalue weighted by Crippen LogP contribution is -2.35. The van der Waals surface area contributed by atoms with E-state index in [9.17, 15) is 4.79 Å². The summed E-state index contributed by atoms with van der Waals surface area (Å²) < 4.78 is 0. The number of nitrogens with one attached hydrogen (secondary N) is 1. The van der Waals surface area contributed by atoms with E-state index in [1.807, 2.05) is 17.9 Å². The van der Waals surface area contributed by atoms with Gasteiger partial charge in [-0.2, -0.15) is 0 Å². The fraction of sp³-hybridized carbons (Fsp3) is 0.667. The molecule has 0 aliphatic carbocycles. The van der Waals surface area contributed by atoms with Crippen LogP contribution in [-0.4, -0.2) is 35.5 Å². The van der Waals surface area contributed by atoms with E-state index in [0.29, 0.717) is 0 Å². The molecule has 1 rings (SSSR count). The van der Waals surface area contributed by atoms with Gasteiger partial charge in [-0.1, -0.05) is 27.2 Å². The lowest BCUT2D eigenvalue weighted by Gasteiger charge is -2.23. The Morgan fingerprint density at radius 3 is 2.62 bits per heavy atom. The maximum absolute atomic E-state index is 11.3. The molecule has 0 aromatic carbocycles. The predicted molar refractivity (Wildman–Crippen MR) is 86.6 cm³/mol. The van der Waals surface area contributed by atoms with E-state index in [1.54, 1.807) is 0 Å². The van der Waals surface area contributed by atoms with Crippen molar-refractivity contribution >= 4 is 17.5 Å². The first-order chi connectivity index (χ1) is 9.97. The van der Waals surface area contributed by atoms with Crippen LogP contribution in [0.2, 0.25) is 0 Å². The number of aromatic nitrogens is 2. The van der Waals surface area contributed by atoms with Gasteiger partial charge in [0.05, 0.1) is 6.54 Å². The number of nitrogens with two attached hydrogens (primary N) is 1. The molecule has 0 saturated heterocycles.